The second-order valence-electron chi connectivity index (χ2n) is 4.22. The predicted molar refractivity (Wildman–Crippen MR) is 64.3 cm³/mol. The Balaban J connectivity index is 2.32. The Morgan fingerprint density at radius 2 is 2.00 bits per heavy atom. The number of rotatable bonds is 4. The Morgan fingerprint density at radius 1 is 1.31 bits per heavy atom. The summed E-state index contributed by atoms with van der Waals surface area (Å²) in [6.07, 6.45) is 1.13. The van der Waals surface area contributed by atoms with Crippen LogP contribution in [-0.2, 0) is 0 Å². The van der Waals surface area contributed by atoms with Gasteiger partial charge in [-0.25, -0.2) is 0 Å². The molecule has 1 aliphatic rings. The zero-order valence-corrected chi connectivity index (χ0v) is 10.2. The molecule has 1 aliphatic heterocycles. The lowest BCUT2D eigenvalue weighted by Crippen LogP contribution is -2.17. The van der Waals surface area contributed by atoms with E-state index < -0.39 is 0 Å². The number of hydrogen-bond donors (Lipinski definition) is 1. The molecule has 1 N–H and O–H groups in total. The highest BCUT2D eigenvalue weighted by Gasteiger charge is 2.19. The number of aryl methyl sites for hydroxylation is 1. The third-order valence-electron chi connectivity index (χ3n) is 3.14. The van der Waals surface area contributed by atoms with Crippen molar-refractivity contribution in [2.45, 2.75) is 26.2 Å². The molecule has 3 heteroatoms. The van der Waals surface area contributed by atoms with Crippen molar-refractivity contribution in [3.8, 4) is 11.5 Å². The summed E-state index contributed by atoms with van der Waals surface area (Å²) in [5.74, 6) is 2.30. The molecule has 1 aromatic rings. The lowest BCUT2D eigenvalue weighted by molar-refractivity contribution is 0.174. The standard InChI is InChI=1S/C13H19NO2/c1-4-10(7-14-3)11-6-13-12(5-9(11)2)15-8-16-13/h5-6,10,14H,4,7-8H2,1-3H3. The smallest absolute Gasteiger partial charge is 0.231 e. The summed E-state index contributed by atoms with van der Waals surface area (Å²) in [5.41, 5.74) is 2.65. The Kier molecular flexibility index (Phi) is 3.34. The highest BCUT2D eigenvalue weighted by molar-refractivity contribution is 5.49. The summed E-state index contributed by atoms with van der Waals surface area (Å²) in [4.78, 5) is 0. The molecule has 1 atom stereocenters. The van der Waals surface area contributed by atoms with Crippen LogP contribution < -0.4 is 14.8 Å². The zero-order chi connectivity index (χ0) is 11.5. The van der Waals surface area contributed by atoms with E-state index in [4.69, 9.17) is 9.47 Å². The quantitative estimate of drug-likeness (QED) is 0.847. The average molecular weight is 221 g/mol. The molecule has 2 rings (SSSR count). The SMILES string of the molecule is CCC(CNC)c1cc2c(cc1C)OCO2. The van der Waals surface area contributed by atoms with Crippen LogP contribution in [0.25, 0.3) is 0 Å². The first kappa shape index (κ1) is 11.3. The van der Waals surface area contributed by atoms with Gasteiger partial charge in [-0.3, -0.25) is 0 Å². The van der Waals surface area contributed by atoms with Crippen LogP contribution >= 0.6 is 0 Å². The minimum atomic E-state index is 0.348. The average Bonchev–Trinajstić information content (AvgIpc) is 2.72. The Bertz CT molecular complexity index is 376. The number of benzene rings is 1. The summed E-state index contributed by atoms with van der Waals surface area (Å²) in [7, 11) is 1.99. The fourth-order valence-electron chi connectivity index (χ4n) is 2.22. The van der Waals surface area contributed by atoms with E-state index in [9.17, 15) is 0 Å². The molecule has 0 saturated heterocycles. The highest BCUT2D eigenvalue weighted by atomic mass is 16.7. The minimum Gasteiger partial charge on any atom is -0.454 e. The molecule has 0 aromatic heterocycles. The molecule has 0 radical (unpaired) electrons. The summed E-state index contributed by atoms with van der Waals surface area (Å²) >= 11 is 0. The first-order valence-corrected chi connectivity index (χ1v) is 5.81. The fourth-order valence-corrected chi connectivity index (χ4v) is 2.22. The van der Waals surface area contributed by atoms with Gasteiger partial charge < -0.3 is 14.8 Å². The van der Waals surface area contributed by atoms with Crippen LogP contribution in [0.2, 0.25) is 0 Å². The van der Waals surface area contributed by atoms with Crippen molar-refractivity contribution in [2.24, 2.45) is 0 Å². The van der Waals surface area contributed by atoms with Crippen LogP contribution in [-0.4, -0.2) is 20.4 Å². The zero-order valence-electron chi connectivity index (χ0n) is 10.2. The van der Waals surface area contributed by atoms with Gasteiger partial charge in [-0.2, -0.15) is 0 Å². The number of hydrogen-bond acceptors (Lipinski definition) is 3. The van der Waals surface area contributed by atoms with Crippen molar-refractivity contribution < 1.29 is 9.47 Å². The Labute approximate surface area is 96.8 Å². The van der Waals surface area contributed by atoms with Gasteiger partial charge in [0.1, 0.15) is 0 Å². The topological polar surface area (TPSA) is 30.5 Å². The van der Waals surface area contributed by atoms with E-state index in [1.807, 2.05) is 7.05 Å². The van der Waals surface area contributed by atoms with Gasteiger partial charge in [0.05, 0.1) is 0 Å². The van der Waals surface area contributed by atoms with Crippen molar-refractivity contribution in [3.63, 3.8) is 0 Å². The molecule has 0 amide bonds. The van der Waals surface area contributed by atoms with Gasteiger partial charge in [0, 0.05) is 6.54 Å². The lowest BCUT2D eigenvalue weighted by atomic mass is 9.92. The maximum absolute atomic E-state index is 5.42. The van der Waals surface area contributed by atoms with Crippen molar-refractivity contribution in [3.05, 3.63) is 23.3 Å². The van der Waals surface area contributed by atoms with Crippen molar-refractivity contribution in [2.75, 3.05) is 20.4 Å². The van der Waals surface area contributed by atoms with E-state index in [0.29, 0.717) is 12.7 Å². The Hall–Kier alpha value is -1.22. The van der Waals surface area contributed by atoms with E-state index in [2.05, 4.69) is 31.3 Å². The van der Waals surface area contributed by atoms with Gasteiger partial charge in [-0.1, -0.05) is 6.92 Å². The third kappa shape index (κ3) is 2.00. The Morgan fingerprint density at radius 3 is 2.62 bits per heavy atom. The van der Waals surface area contributed by atoms with Crippen LogP contribution in [0, 0.1) is 6.92 Å². The second-order valence-corrected chi connectivity index (χ2v) is 4.22. The summed E-state index contributed by atoms with van der Waals surface area (Å²) in [6, 6.07) is 4.21. The summed E-state index contributed by atoms with van der Waals surface area (Å²) in [6.45, 7) is 5.69. The molecule has 88 valence electrons. The van der Waals surface area contributed by atoms with Gasteiger partial charge in [0.15, 0.2) is 11.5 Å². The highest BCUT2D eigenvalue weighted by Crippen LogP contribution is 2.37. The first-order valence-electron chi connectivity index (χ1n) is 5.81. The molecule has 1 heterocycles. The van der Waals surface area contributed by atoms with E-state index >= 15 is 0 Å². The molecule has 0 fully saturated rings. The van der Waals surface area contributed by atoms with Crippen molar-refractivity contribution in [1.29, 1.82) is 0 Å². The minimum absolute atomic E-state index is 0.348. The van der Waals surface area contributed by atoms with Crippen LogP contribution in [0.5, 0.6) is 11.5 Å². The van der Waals surface area contributed by atoms with E-state index in [0.717, 1.165) is 24.5 Å². The first-order chi connectivity index (χ1) is 7.76. The van der Waals surface area contributed by atoms with Crippen LogP contribution in [0.3, 0.4) is 0 Å². The van der Waals surface area contributed by atoms with Crippen LogP contribution in [0.1, 0.15) is 30.4 Å². The lowest BCUT2D eigenvalue weighted by Gasteiger charge is -2.17. The normalized spacial score (nSPS) is 15.2. The van der Waals surface area contributed by atoms with E-state index in [-0.39, 0.29) is 0 Å². The van der Waals surface area contributed by atoms with Gasteiger partial charge in [-0.15, -0.1) is 0 Å². The predicted octanol–water partition coefficient (Wildman–Crippen LogP) is 2.44. The maximum Gasteiger partial charge on any atom is 0.231 e. The van der Waals surface area contributed by atoms with E-state index in [1.54, 1.807) is 0 Å². The number of likely N-dealkylation sites (N-methyl/N-ethyl adjacent to an activating group) is 1. The molecule has 1 aromatic carbocycles. The van der Waals surface area contributed by atoms with Crippen LogP contribution in [0.4, 0.5) is 0 Å². The number of ether oxygens (including phenoxy) is 2. The van der Waals surface area contributed by atoms with Gasteiger partial charge in [-0.05, 0) is 49.6 Å². The molecular weight excluding hydrogens is 202 g/mol. The fraction of sp³-hybridized carbons (Fsp3) is 0.538. The second kappa shape index (κ2) is 4.74. The molecule has 3 nitrogen and oxygen atoms in total. The summed E-state index contributed by atoms with van der Waals surface area (Å²) in [5, 5.41) is 3.24. The molecule has 16 heavy (non-hydrogen) atoms. The van der Waals surface area contributed by atoms with Crippen molar-refractivity contribution >= 4 is 0 Å². The molecule has 0 bridgehead atoms. The number of fused-ring (bicyclic) bond motifs is 1. The molecule has 0 saturated carbocycles. The largest absolute Gasteiger partial charge is 0.454 e. The van der Waals surface area contributed by atoms with Gasteiger partial charge >= 0.3 is 0 Å². The summed E-state index contributed by atoms with van der Waals surface area (Å²) < 4.78 is 10.8. The van der Waals surface area contributed by atoms with Gasteiger partial charge in [0.2, 0.25) is 6.79 Å². The number of nitrogens with one attached hydrogen (secondary N) is 1. The van der Waals surface area contributed by atoms with Crippen LogP contribution in [0.15, 0.2) is 12.1 Å². The maximum atomic E-state index is 5.42. The monoisotopic (exact) mass is 221 g/mol. The van der Waals surface area contributed by atoms with E-state index in [1.165, 1.54) is 11.1 Å². The molecule has 0 aliphatic carbocycles. The van der Waals surface area contributed by atoms with Gasteiger partial charge in [0.25, 0.3) is 0 Å². The molecular formula is C13H19NO2. The molecule has 0 spiro atoms. The third-order valence-corrected chi connectivity index (χ3v) is 3.14. The van der Waals surface area contributed by atoms with Crippen molar-refractivity contribution in [1.82, 2.24) is 5.32 Å². The molecule has 1 unspecified atom stereocenters.